The lowest BCUT2D eigenvalue weighted by Crippen LogP contribution is -1.80. The Balaban J connectivity index is 2.84. The third-order valence-corrected chi connectivity index (χ3v) is 1.94. The average Bonchev–Trinajstić information content (AvgIpc) is 2.18. The first-order chi connectivity index (χ1) is 6.31. The Morgan fingerprint density at radius 3 is 3.00 bits per heavy atom. The standard InChI is InChI=1S/C11H9NO/c1-2-8-6-9-4-3-5-12-11(9)10(13)7-8/h2-7,13H,1H2. The van der Waals surface area contributed by atoms with Gasteiger partial charge in [0.05, 0.1) is 0 Å². The highest BCUT2D eigenvalue weighted by Gasteiger charge is 2.00. The number of aromatic nitrogens is 1. The fourth-order valence-corrected chi connectivity index (χ4v) is 1.31. The van der Waals surface area contributed by atoms with Gasteiger partial charge in [0.25, 0.3) is 0 Å². The van der Waals surface area contributed by atoms with Crippen LogP contribution in [-0.4, -0.2) is 10.1 Å². The number of phenols is 1. The Labute approximate surface area is 76.2 Å². The van der Waals surface area contributed by atoms with Crippen molar-refractivity contribution in [2.24, 2.45) is 0 Å². The van der Waals surface area contributed by atoms with Crippen LogP contribution >= 0.6 is 0 Å². The van der Waals surface area contributed by atoms with E-state index in [9.17, 15) is 5.11 Å². The van der Waals surface area contributed by atoms with E-state index in [0.29, 0.717) is 5.52 Å². The minimum Gasteiger partial charge on any atom is -0.506 e. The summed E-state index contributed by atoms with van der Waals surface area (Å²) < 4.78 is 0. The molecule has 2 heteroatoms. The minimum absolute atomic E-state index is 0.202. The van der Waals surface area contributed by atoms with Crippen LogP contribution in [-0.2, 0) is 0 Å². The van der Waals surface area contributed by atoms with Crippen molar-refractivity contribution in [1.29, 1.82) is 0 Å². The molecule has 0 spiro atoms. The Hall–Kier alpha value is -1.83. The molecule has 0 amide bonds. The normalized spacial score (nSPS) is 10.2. The zero-order valence-electron chi connectivity index (χ0n) is 7.07. The van der Waals surface area contributed by atoms with Gasteiger partial charge in [-0.15, -0.1) is 0 Å². The molecule has 1 aromatic carbocycles. The molecule has 0 unspecified atom stereocenters. The smallest absolute Gasteiger partial charge is 0.142 e. The second-order valence-electron chi connectivity index (χ2n) is 2.82. The van der Waals surface area contributed by atoms with E-state index in [1.807, 2.05) is 18.2 Å². The predicted octanol–water partition coefficient (Wildman–Crippen LogP) is 2.58. The van der Waals surface area contributed by atoms with Gasteiger partial charge in [-0.2, -0.15) is 0 Å². The van der Waals surface area contributed by atoms with Crippen LogP contribution in [0.3, 0.4) is 0 Å². The van der Waals surface area contributed by atoms with Gasteiger partial charge in [-0.25, -0.2) is 0 Å². The first kappa shape index (κ1) is 7.80. The van der Waals surface area contributed by atoms with Gasteiger partial charge in [0, 0.05) is 11.6 Å². The highest BCUT2D eigenvalue weighted by molar-refractivity contribution is 5.86. The highest BCUT2D eigenvalue weighted by atomic mass is 16.3. The SMILES string of the molecule is C=Cc1cc(O)c2ncccc2c1. The monoisotopic (exact) mass is 171 g/mol. The molecule has 64 valence electrons. The number of hydrogen-bond acceptors (Lipinski definition) is 2. The van der Waals surface area contributed by atoms with Gasteiger partial charge in [-0.05, 0) is 23.8 Å². The number of rotatable bonds is 1. The summed E-state index contributed by atoms with van der Waals surface area (Å²) >= 11 is 0. The van der Waals surface area contributed by atoms with Crippen LogP contribution in [0.1, 0.15) is 5.56 Å². The van der Waals surface area contributed by atoms with E-state index >= 15 is 0 Å². The quantitative estimate of drug-likeness (QED) is 0.715. The number of fused-ring (bicyclic) bond motifs is 1. The molecule has 0 fully saturated rings. The maximum Gasteiger partial charge on any atom is 0.142 e. The minimum atomic E-state index is 0.202. The van der Waals surface area contributed by atoms with Gasteiger partial charge in [0.2, 0.25) is 0 Å². The van der Waals surface area contributed by atoms with Crippen molar-refractivity contribution in [2.75, 3.05) is 0 Å². The molecule has 2 nitrogen and oxygen atoms in total. The zero-order chi connectivity index (χ0) is 9.26. The lowest BCUT2D eigenvalue weighted by molar-refractivity contribution is 0.480. The van der Waals surface area contributed by atoms with E-state index in [1.165, 1.54) is 0 Å². The molecule has 0 radical (unpaired) electrons. The molecule has 1 N–H and O–H groups in total. The number of phenolic OH excluding ortho intramolecular Hbond substituents is 1. The Morgan fingerprint density at radius 1 is 1.38 bits per heavy atom. The lowest BCUT2D eigenvalue weighted by Gasteiger charge is -2.01. The molecule has 0 saturated carbocycles. The van der Waals surface area contributed by atoms with E-state index in [2.05, 4.69) is 11.6 Å². The number of benzene rings is 1. The van der Waals surface area contributed by atoms with Gasteiger partial charge < -0.3 is 5.11 Å². The highest BCUT2D eigenvalue weighted by Crippen LogP contribution is 2.24. The second-order valence-corrected chi connectivity index (χ2v) is 2.82. The molecule has 0 atom stereocenters. The van der Waals surface area contributed by atoms with Crippen molar-refractivity contribution in [1.82, 2.24) is 4.98 Å². The first-order valence-electron chi connectivity index (χ1n) is 4.01. The summed E-state index contributed by atoms with van der Waals surface area (Å²) in [5.41, 5.74) is 1.53. The number of aromatic hydroxyl groups is 1. The van der Waals surface area contributed by atoms with E-state index in [0.717, 1.165) is 10.9 Å². The molecular weight excluding hydrogens is 162 g/mol. The van der Waals surface area contributed by atoms with Crippen LogP contribution in [0.2, 0.25) is 0 Å². The first-order valence-corrected chi connectivity index (χ1v) is 4.01. The maximum atomic E-state index is 9.57. The second kappa shape index (κ2) is 2.90. The summed E-state index contributed by atoms with van der Waals surface area (Å²) in [4.78, 5) is 4.07. The van der Waals surface area contributed by atoms with Crippen LogP contribution < -0.4 is 0 Å². The lowest BCUT2D eigenvalue weighted by atomic mass is 10.1. The topological polar surface area (TPSA) is 33.1 Å². The van der Waals surface area contributed by atoms with E-state index in [4.69, 9.17) is 0 Å². The molecule has 0 aliphatic rings. The number of pyridine rings is 1. The van der Waals surface area contributed by atoms with E-state index in [1.54, 1.807) is 18.3 Å². The molecule has 2 rings (SSSR count). The van der Waals surface area contributed by atoms with Crippen LogP contribution in [0, 0.1) is 0 Å². The summed E-state index contributed by atoms with van der Waals surface area (Å²) in [5, 5.41) is 10.5. The van der Waals surface area contributed by atoms with E-state index < -0.39 is 0 Å². The molecule has 2 aromatic rings. The maximum absolute atomic E-state index is 9.57. The average molecular weight is 171 g/mol. The summed E-state index contributed by atoms with van der Waals surface area (Å²) in [6.07, 6.45) is 3.36. The van der Waals surface area contributed by atoms with Crippen LogP contribution in [0.25, 0.3) is 17.0 Å². The number of nitrogens with zero attached hydrogens (tertiary/aromatic N) is 1. The van der Waals surface area contributed by atoms with Crippen molar-refractivity contribution in [3.05, 3.63) is 42.6 Å². The van der Waals surface area contributed by atoms with Crippen molar-refractivity contribution in [3.63, 3.8) is 0 Å². The molecule has 1 heterocycles. The van der Waals surface area contributed by atoms with Crippen LogP contribution in [0.5, 0.6) is 5.75 Å². The summed E-state index contributed by atoms with van der Waals surface area (Å²) in [5.74, 6) is 0.202. The van der Waals surface area contributed by atoms with Crippen LogP contribution in [0.4, 0.5) is 0 Å². The summed E-state index contributed by atoms with van der Waals surface area (Å²) in [7, 11) is 0. The van der Waals surface area contributed by atoms with Crippen molar-refractivity contribution in [2.45, 2.75) is 0 Å². The van der Waals surface area contributed by atoms with Gasteiger partial charge in [0.15, 0.2) is 0 Å². The summed E-state index contributed by atoms with van der Waals surface area (Å²) in [6, 6.07) is 7.35. The van der Waals surface area contributed by atoms with Gasteiger partial charge in [0.1, 0.15) is 11.3 Å². The van der Waals surface area contributed by atoms with Gasteiger partial charge in [-0.1, -0.05) is 18.7 Å². The van der Waals surface area contributed by atoms with Crippen molar-refractivity contribution >= 4 is 17.0 Å². The Kier molecular flexibility index (Phi) is 1.74. The number of hydrogen-bond donors (Lipinski definition) is 1. The molecule has 0 aliphatic carbocycles. The molecule has 13 heavy (non-hydrogen) atoms. The van der Waals surface area contributed by atoms with Crippen LogP contribution in [0.15, 0.2) is 37.0 Å². The largest absolute Gasteiger partial charge is 0.506 e. The summed E-state index contributed by atoms with van der Waals surface area (Å²) in [6.45, 7) is 3.65. The third-order valence-electron chi connectivity index (χ3n) is 1.94. The van der Waals surface area contributed by atoms with E-state index in [-0.39, 0.29) is 5.75 Å². The molecule has 1 aromatic heterocycles. The zero-order valence-corrected chi connectivity index (χ0v) is 7.07. The van der Waals surface area contributed by atoms with Gasteiger partial charge >= 0.3 is 0 Å². The molecule has 0 saturated heterocycles. The fraction of sp³-hybridized carbons (Fsp3) is 0. The predicted molar refractivity (Wildman–Crippen MR) is 53.5 cm³/mol. The molecule has 0 bridgehead atoms. The Morgan fingerprint density at radius 2 is 2.23 bits per heavy atom. The van der Waals surface area contributed by atoms with Crippen molar-refractivity contribution < 1.29 is 5.11 Å². The Bertz CT molecular complexity index is 463. The van der Waals surface area contributed by atoms with Crippen molar-refractivity contribution in [3.8, 4) is 5.75 Å². The fourth-order valence-electron chi connectivity index (χ4n) is 1.31. The van der Waals surface area contributed by atoms with Gasteiger partial charge in [-0.3, -0.25) is 4.98 Å². The molecular formula is C11H9NO. The molecule has 0 aliphatic heterocycles. The third kappa shape index (κ3) is 1.26.